The first-order valence-corrected chi connectivity index (χ1v) is 5.12. The molecule has 0 aromatic heterocycles. The van der Waals surface area contributed by atoms with Gasteiger partial charge < -0.3 is 24.7 Å². The Hall–Kier alpha value is -0.0400. The molecule has 0 aliphatic heterocycles. The van der Waals surface area contributed by atoms with E-state index in [0.29, 0.717) is 5.69 Å². The molecule has 1 rings (SSSR count). The summed E-state index contributed by atoms with van der Waals surface area (Å²) in [6.07, 6.45) is -0.604. The fraction of sp³-hybridized carbons (Fsp3) is 0.333. The molecule has 0 fully saturated rings. The second-order valence-electron chi connectivity index (χ2n) is 3.86. The van der Waals surface area contributed by atoms with Crippen LogP contribution in [-0.2, 0) is 9.59 Å². The summed E-state index contributed by atoms with van der Waals surface area (Å²) in [5.74, 6) is -2.85. The second kappa shape index (κ2) is 9.80. The van der Waals surface area contributed by atoms with Gasteiger partial charge in [-0.15, -0.1) is 0 Å². The fourth-order valence-corrected chi connectivity index (χ4v) is 1.56. The molecule has 1 aromatic rings. The third-order valence-electron chi connectivity index (χ3n) is 2.51. The number of hydrogen-bond donors (Lipinski definition) is 0. The van der Waals surface area contributed by atoms with Crippen molar-refractivity contribution in [3.05, 3.63) is 29.8 Å². The van der Waals surface area contributed by atoms with E-state index in [9.17, 15) is 19.8 Å². The number of anilines is 1. The van der Waals surface area contributed by atoms with Gasteiger partial charge in [-0.1, -0.05) is 12.1 Å². The van der Waals surface area contributed by atoms with Gasteiger partial charge in [0.15, 0.2) is 0 Å². The van der Waals surface area contributed by atoms with Crippen molar-refractivity contribution in [3.8, 4) is 0 Å². The van der Waals surface area contributed by atoms with Crippen LogP contribution in [0.5, 0.6) is 0 Å². The number of likely N-dealkylation sites (N-methyl/N-ethyl adjacent to an activating group) is 1. The molecule has 0 amide bonds. The molecule has 1 unspecified atom stereocenters. The second-order valence-corrected chi connectivity index (χ2v) is 3.86. The van der Waals surface area contributed by atoms with Gasteiger partial charge in [-0.2, -0.15) is 0 Å². The number of carboxylic acids is 2. The van der Waals surface area contributed by atoms with E-state index < -0.39 is 24.4 Å². The van der Waals surface area contributed by atoms with Crippen LogP contribution >= 0.6 is 0 Å². The topological polar surface area (TPSA) is 83.5 Å². The molecule has 7 heteroatoms. The van der Waals surface area contributed by atoms with Gasteiger partial charge in [0.1, 0.15) is 0 Å². The van der Waals surface area contributed by atoms with Crippen molar-refractivity contribution in [2.24, 2.45) is 0 Å². The number of carbonyl (C=O) groups excluding carboxylic acids is 2. The number of nitrogens with zero attached hydrogens (tertiary/aromatic N) is 1. The number of aliphatic carboxylic acids is 2. The Kier molecular flexibility index (Phi) is 11.0. The van der Waals surface area contributed by atoms with E-state index in [-0.39, 0.29) is 59.1 Å². The molecule has 1 atom stereocenters. The van der Waals surface area contributed by atoms with Crippen LogP contribution in [-0.4, -0.2) is 25.0 Å². The Labute approximate surface area is 156 Å². The third-order valence-corrected chi connectivity index (χ3v) is 2.51. The predicted molar refractivity (Wildman–Crippen MR) is 58.0 cm³/mol. The minimum absolute atomic E-state index is 0. The SMILES string of the molecule is Cc1cccc(N(C)C(CC(=O)[O-])C(=O)[O-])c1.[Na+].[Na+]. The molecule has 92 valence electrons. The number of carboxylic acid groups (broad SMARTS) is 2. The van der Waals surface area contributed by atoms with E-state index in [0.717, 1.165) is 5.56 Å². The largest absolute Gasteiger partial charge is 1.00 e. The molecular weight excluding hydrogens is 268 g/mol. The zero-order valence-corrected chi connectivity index (χ0v) is 15.7. The van der Waals surface area contributed by atoms with Gasteiger partial charge in [0.05, 0.1) is 12.0 Å². The van der Waals surface area contributed by atoms with Crippen LogP contribution in [0, 0.1) is 6.92 Å². The van der Waals surface area contributed by atoms with Crippen molar-refractivity contribution in [1.29, 1.82) is 0 Å². The molecule has 0 bridgehead atoms. The van der Waals surface area contributed by atoms with Gasteiger partial charge in [-0.3, -0.25) is 0 Å². The average Bonchev–Trinajstić information content (AvgIpc) is 2.24. The molecule has 0 aliphatic rings. The summed E-state index contributed by atoms with van der Waals surface area (Å²) in [4.78, 5) is 22.7. The number of rotatable bonds is 5. The predicted octanol–water partition coefficient (Wildman–Crippen LogP) is -7.30. The van der Waals surface area contributed by atoms with Gasteiger partial charge in [0.2, 0.25) is 0 Å². The third kappa shape index (κ3) is 6.79. The van der Waals surface area contributed by atoms with Crippen LogP contribution in [0.15, 0.2) is 24.3 Å². The minimum atomic E-state index is -1.43. The van der Waals surface area contributed by atoms with Crippen LogP contribution in [0.2, 0.25) is 0 Å². The number of benzene rings is 1. The van der Waals surface area contributed by atoms with Crippen LogP contribution in [0.4, 0.5) is 5.69 Å². The Bertz CT molecular complexity index is 439. The summed E-state index contributed by atoms with van der Waals surface area (Å²) in [7, 11) is 1.51. The van der Waals surface area contributed by atoms with E-state index >= 15 is 0 Å². The summed E-state index contributed by atoms with van der Waals surface area (Å²) < 4.78 is 0. The summed E-state index contributed by atoms with van der Waals surface area (Å²) >= 11 is 0. The molecule has 19 heavy (non-hydrogen) atoms. The van der Waals surface area contributed by atoms with E-state index in [4.69, 9.17) is 0 Å². The minimum Gasteiger partial charge on any atom is -0.550 e. The smallest absolute Gasteiger partial charge is 0.550 e. The van der Waals surface area contributed by atoms with Crippen LogP contribution in [0.25, 0.3) is 0 Å². The first kappa shape index (κ1) is 21.3. The van der Waals surface area contributed by atoms with Crippen LogP contribution in [0.3, 0.4) is 0 Å². The zero-order chi connectivity index (χ0) is 13.0. The number of hydrogen-bond acceptors (Lipinski definition) is 5. The van der Waals surface area contributed by atoms with Crippen LogP contribution < -0.4 is 74.2 Å². The van der Waals surface area contributed by atoms with Gasteiger partial charge in [-0.25, -0.2) is 0 Å². The first-order valence-electron chi connectivity index (χ1n) is 5.12. The Morgan fingerprint density at radius 3 is 2.26 bits per heavy atom. The molecule has 1 aromatic carbocycles. The van der Waals surface area contributed by atoms with Gasteiger partial charge in [0.25, 0.3) is 0 Å². The maximum Gasteiger partial charge on any atom is 1.00 e. The Morgan fingerprint density at radius 2 is 1.84 bits per heavy atom. The average molecular weight is 281 g/mol. The zero-order valence-electron chi connectivity index (χ0n) is 11.7. The molecule has 0 N–H and O–H groups in total. The normalized spacial score (nSPS) is 10.6. The quantitative estimate of drug-likeness (QED) is 0.501. The van der Waals surface area contributed by atoms with E-state index in [1.807, 2.05) is 13.0 Å². The standard InChI is InChI=1S/C12H15NO4.2Na/c1-8-4-3-5-9(6-8)13(2)10(12(16)17)7-11(14)15;;/h3-6,10H,7H2,1-2H3,(H,14,15)(H,16,17);;/q;2*+1/p-2. The summed E-state index contributed by atoms with van der Waals surface area (Å²) in [5.41, 5.74) is 1.58. The molecule has 0 saturated heterocycles. The molecule has 5 nitrogen and oxygen atoms in total. The van der Waals surface area contributed by atoms with E-state index in [1.165, 1.54) is 11.9 Å². The maximum atomic E-state index is 10.9. The molecule has 0 spiro atoms. The Morgan fingerprint density at radius 1 is 1.26 bits per heavy atom. The number of aryl methyl sites for hydroxylation is 1. The maximum absolute atomic E-state index is 10.9. The summed E-state index contributed by atoms with van der Waals surface area (Å²) in [6, 6.07) is 5.88. The van der Waals surface area contributed by atoms with Gasteiger partial charge in [-0.05, 0) is 24.6 Å². The number of carbonyl (C=O) groups is 2. The molecule has 0 aliphatic carbocycles. The fourth-order valence-electron chi connectivity index (χ4n) is 1.56. The molecule has 0 radical (unpaired) electrons. The van der Waals surface area contributed by atoms with Crippen molar-refractivity contribution >= 4 is 17.6 Å². The van der Waals surface area contributed by atoms with Crippen molar-refractivity contribution in [2.45, 2.75) is 19.4 Å². The Balaban J connectivity index is 0. The van der Waals surface area contributed by atoms with E-state index in [2.05, 4.69) is 0 Å². The van der Waals surface area contributed by atoms with Crippen molar-refractivity contribution in [3.63, 3.8) is 0 Å². The molecule has 0 saturated carbocycles. The van der Waals surface area contributed by atoms with Crippen molar-refractivity contribution in [2.75, 3.05) is 11.9 Å². The first-order chi connectivity index (χ1) is 7.91. The molecule has 0 heterocycles. The van der Waals surface area contributed by atoms with Crippen molar-refractivity contribution in [1.82, 2.24) is 0 Å². The van der Waals surface area contributed by atoms with Gasteiger partial charge >= 0.3 is 59.1 Å². The van der Waals surface area contributed by atoms with Gasteiger partial charge in [0, 0.05) is 25.1 Å². The molecular formula is C12H13NNa2O4. The van der Waals surface area contributed by atoms with E-state index in [1.54, 1.807) is 18.2 Å². The summed E-state index contributed by atoms with van der Waals surface area (Å²) in [6.45, 7) is 1.87. The summed E-state index contributed by atoms with van der Waals surface area (Å²) in [5, 5.41) is 21.4. The monoisotopic (exact) mass is 281 g/mol. The van der Waals surface area contributed by atoms with Crippen molar-refractivity contribution < 1.29 is 78.9 Å². The van der Waals surface area contributed by atoms with Crippen LogP contribution in [0.1, 0.15) is 12.0 Å².